The van der Waals surface area contributed by atoms with Crippen molar-refractivity contribution in [1.29, 1.82) is 0 Å². The number of rotatable bonds is 6. The number of carbonyl (C=O) groups excluding carboxylic acids is 2. The van der Waals surface area contributed by atoms with Gasteiger partial charge in [-0.05, 0) is 37.8 Å². The number of hydrogen-bond donors (Lipinski definition) is 2. The van der Waals surface area contributed by atoms with Gasteiger partial charge in [-0.3, -0.25) is 9.59 Å². The number of amides is 1. The first-order chi connectivity index (χ1) is 7.27. The summed E-state index contributed by atoms with van der Waals surface area (Å²) in [6.45, 7) is 0.887. The fraction of sp³-hybridized carbons (Fsp3) is 0.800. The minimum atomic E-state index is -0.452. The van der Waals surface area contributed by atoms with Crippen molar-refractivity contribution in [1.82, 2.24) is 10.6 Å². The zero-order chi connectivity index (χ0) is 11.1. The molecule has 15 heavy (non-hydrogen) atoms. The Balaban J connectivity index is 2.29. The van der Waals surface area contributed by atoms with Crippen molar-refractivity contribution >= 4 is 24.0 Å². The molecule has 0 aliphatic carbocycles. The minimum Gasteiger partial charge on any atom is -0.344 e. The molecule has 85 valence electrons. The predicted molar refractivity (Wildman–Crippen MR) is 61.6 cm³/mol. The van der Waals surface area contributed by atoms with E-state index in [9.17, 15) is 9.59 Å². The molecule has 0 aromatic heterocycles. The van der Waals surface area contributed by atoms with Gasteiger partial charge >= 0.3 is 0 Å². The molecule has 1 amide bonds. The van der Waals surface area contributed by atoms with E-state index in [0.29, 0.717) is 6.42 Å². The summed E-state index contributed by atoms with van der Waals surface area (Å²) >= 11 is 1.66. The summed E-state index contributed by atoms with van der Waals surface area (Å²) in [7, 11) is 0. The lowest BCUT2D eigenvalue weighted by atomic mass is 10.2. The molecule has 5 heteroatoms. The number of hydrogen-bond acceptors (Lipinski definition) is 4. The molecule has 2 unspecified atom stereocenters. The van der Waals surface area contributed by atoms with Crippen molar-refractivity contribution in [3.05, 3.63) is 0 Å². The molecule has 1 saturated heterocycles. The van der Waals surface area contributed by atoms with Crippen LogP contribution in [0.25, 0.3) is 0 Å². The largest absolute Gasteiger partial charge is 0.344 e. The van der Waals surface area contributed by atoms with Gasteiger partial charge in [-0.2, -0.15) is 11.8 Å². The average molecular weight is 229 g/mol. The maximum atomic E-state index is 11.6. The first-order valence-electron chi connectivity index (χ1n) is 5.18. The van der Waals surface area contributed by atoms with E-state index in [1.807, 2.05) is 12.5 Å². The molecule has 0 bridgehead atoms. The number of carbonyl (C=O) groups is 1. The van der Waals surface area contributed by atoms with Crippen LogP contribution in [0, 0.1) is 0 Å². The van der Waals surface area contributed by atoms with Crippen molar-refractivity contribution in [2.45, 2.75) is 31.3 Å². The molecule has 2 N–H and O–H groups in total. The summed E-state index contributed by atoms with van der Waals surface area (Å²) in [5.74, 6) is 0.792. The molecular weight excluding hydrogens is 212 g/mol. The van der Waals surface area contributed by atoms with Crippen LogP contribution in [0.5, 0.6) is 0 Å². The van der Waals surface area contributed by atoms with Gasteiger partial charge in [0.2, 0.25) is 12.2 Å². The molecule has 2 atom stereocenters. The highest BCUT2D eigenvalue weighted by atomic mass is 32.2. The Morgan fingerprint density at radius 1 is 1.73 bits per heavy atom. The van der Waals surface area contributed by atoms with Crippen LogP contribution in [0.3, 0.4) is 0 Å². The van der Waals surface area contributed by atoms with E-state index in [2.05, 4.69) is 10.6 Å². The van der Waals surface area contributed by atoms with Gasteiger partial charge in [0.25, 0.3) is 0 Å². The zero-order valence-corrected chi connectivity index (χ0v) is 9.73. The molecule has 0 saturated carbocycles. The van der Waals surface area contributed by atoms with Gasteiger partial charge in [-0.1, -0.05) is 0 Å². The van der Waals surface area contributed by atoms with Crippen molar-refractivity contribution in [3.63, 3.8) is 0 Å². The Morgan fingerprint density at radius 3 is 3.07 bits per heavy atom. The van der Waals surface area contributed by atoms with E-state index < -0.39 is 6.04 Å². The minimum absolute atomic E-state index is 0.0676. The van der Waals surface area contributed by atoms with Gasteiger partial charge in [0.1, 0.15) is 0 Å². The van der Waals surface area contributed by atoms with Crippen LogP contribution >= 0.6 is 11.8 Å². The van der Waals surface area contributed by atoms with Gasteiger partial charge in [0, 0.05) is 0 Å². The standard InChI is InChI=1S/C10H17N2O2S/c1-15-6-4-8(7-13)12-10(14)9-3-2-5-11-9/h8-9,11H,2-6H2,1H3,(H,12,14). The predicted octanol–water partition coefficient (Wildman–Crippen LogP) is 0.0860. The Kier molecular flexibility index (Phi) is 5.71. The molecule has 1 aliphatic heterocycles. The topological polar surface area (TPSA) is 58.2 Å². The average Bonchev–Trinajstić information content (AvgIpc) is 2.77. The highest BCUT2D eigenvalue weighted by Crippen LogP contribution is 2.06. The lowest BCUT2D eigenvalue weighted by Gasteiger charge is -2.15. The number of thioether (sulfide) groups is 1. The first-order valence-corrected chi connectivity index (χ1v) is 6.57. The Bertz CT molecular complexity index is 217. The molecule has 4 nitrogen and oxygen atoms in total. The molecule has 1 heterocycles. The summed E-state index contributed by atoms with van der Waals surface area (Å²) in [6, 6.07) is -0.567. The van der Waals surface area contributed by atoms with Crippen molar-refractivity contribution < 1.29 is 9.59 Å². The van der Waals surface area contributed by atoms with Gasteiger partial charge < -0.3 is 10.6 Å². The maximum absolute atomic E-state index is 11.6. The fourth-order valence-corrected chi connectivity index (χ4v) is 2.05. The SMILES string of the molecule is CSCCC([C]=O)NC(=O)C1CCCN1. The van der Waals surface area contributed by atoms with E-state index in [1.165, 1.54) is 0 Å². The molecular formula is C10H17N2O2S. The van der Waals surface area contributed by atoms with E-state index in [4.69, 9.17) is 0 Å². The smallest absolute Gasteiger partial charge is 0.237 e. The number of nitrogens with one attached hydrogen (secondary N) is 2. The maximum Gasteiger partial charge on any atom is 0.237 e. The van der Waals surface area contributed by atoms with E-state index in [1.54, 1.807) is 11.8 Å². The quantitative estimate of drug-likeness (QED) is 0.677. The molecule has 1 aliphatic rings. The van der Waals surface area contributed by atoms with Crippen molar-refractivity contribution in [2.24, 2.45) is 0 Å². The van der Waals surface area contributed by atoms with E-state index in [0.717, 1.165) is 25.1 Å². The highest BCUT2D eigenvalue weighted by Gasteiger charge is 2.23. The van der Waals surface area contributed by atoms with Gasteiger partial charge in [-0.15, -0.1) is 0 Å². The summed E-state index contributed by atoms with van der Waals surface area (Å²) in [4.78, 5) is 22.2. The summed E-state index contributed by atoms with van der Waals surface area (Å²) < 4.78 is 0. The Morgan fingerprint density at radius 2 is 2.53 bits per heavy atom. The summed E-state index contributed by atoms with van der Waals surface area (Å²) in [5.41, 5.74) is 0. The lowest BCUT2D eigenvalue weighted by molar-refractivity contribution is -0.123. The van der Waals surface area contributed by atoms with Crippen LogP contribution < -0.4 is 10.6 Å². The second-order valence-corrected chi connectivity index (χ2v) is 4.60. The van der Waals surface area contributed by atoms with E-state index in [-0.39, 0.29) is 11.9 Å². The van der Waals surface area contributed by atoms with Crippen LogP contribution in [-0.2, 0) is 9.59 Å². The van der Waals surface area contributed by atoms with Gasteiger partial charge in [0.05, 0.1) is 12.1 Å². The first kappa shape index (κ1) is 12.5. The summed E-state index contributed by atoms with van der Waals surface area (Å²) in [5, 5.41) is 5.80. The van der Waals surface area contributed by atoms with E-state index >= 15 is 0 Å². The highest BCUT2D eigenvalue weighted by molar-refractivity contribution is 7.98. The van der Waals surface area contributed by atoms with Gasteiger partial charge in [0.15, 0.2) is 0 Å². The molecule has 0 spiro atoms. The fourth-order valence-electron chi connectivity index (χ4n) is 1.58. The normalized spacial score (nSPS) is 22.3. The third-order valence-corrected chi connectivity index (χ3v) is 3.09. The summed E-state index contributed by atoms with van der Waals surface area (Å²) in [6.07, 6.45) is 6.39. The monoisotopic (exact) mass is 229 g/mol. The van der Waals surface area contributed by atoms with Crippen LogP contribution in [0.4, 0.5) is 0 Å². The molecule has 1 rings (SSSR count). The second kappa shape index (κ2) is 6.85. The Labute approximate surface area is 94.6 Å². The van der Waals surface area contributed by atoms with Crippen LogP contribution in [0.15, 0.2) is 0 Å². The third kappa shape index (κ3) is 4.22. The second-order valence-electron chi connectivity index (χ2n) is 3.61. The van der Waals surface area contributed by atoms with Crippen LogP contribution in [-0.4, -0.2) is 42.8 Å². The third-order valence-electron chi connectivity index (χ3n) is 2.45. The van der Waals surface area contributed by atoms with Crippen molar-refractivity contribution in [2.75, 3.05) is 18.6 Å². The Hall–Kier alpha value is -0.550. The van der Waals surface area contributed by atoms with Gasteiger partial charge in [-0.25, -0.2) is 0 Å². The molecule has 0 aromatic carbocycles. The molecule has 0 aromatic rings. The van der Waals surface area contributed by atoms with Crippen LogP contribution in [0.2, 0.25) is 0 Å². The van der Waals surface area contributed by atoms with Crippen molar-refractivity contribution in [3.8, 4) is 0 Å². The lowest BCUT2D eigenvalue weighted by Crippen LogP contribution is -2.46. The molecule has 1 fully saturated rings. The zero-order valence-electron chi connectivity index (χ0n) is 8.91. The molecule has 1 radical (unpaired) electrons. The van der Waals surface area contributed by atoms with Crippen LogP contribution in [0.1, 0.15) is 19.3 Å².